The number of nitrogens with zero attached hydrogens (tertiary/aromatic N) is 1. The number of nitrogens with one attached hydrogen (secondary N) is 1. The summed E-state index contributed by atoms with van der Waals surface area (Å²) in [5.74, 6) is -0.935. The molecule has 158 valence electrons. The molecule has 3 amide bonds. The maximum atomic E-state index is 13.4. The highest BCUT2D eigenvalue weighted by molar-refractivity contribution is 6.25. The summed E-state index contributed by atoms with van der Waals surface area (Å²) in [7, 11) is 0. The molecule has 2 aromatic carbocycles. The lowest BCUT2D eigenvalue weighted by Crippen LogP contribution is -2.34. The van der Waals surface area contributed by atoms with E-state index in [1.165, 1.54) is 4.90 Å². The van der Waals surface area contributed by atoms with Crippen molar-refractivity contribution in [1.29, 1.82) is 0 Å². The van der Waals surface area contributed by atoms with Crippen molar-refractivity contribution in [3.05, 3.63) is 71.3 Å². The molecular formula is C26H26N2O3. The number of hydrogen-bond acceptors (Lipinski definition) is 3. The van der Waals surface area contributed by atoms with Crippen molar-refractivity contribution in [1.82, 2.24) is 0 Å². The highest BCUT2D eigenvalue weighted by Gasteiger charge is 2.59. The first-order chi connectivity index (χ1) is 15.0. The molecule has 31 heavy (non-hydrogen) atoms. The molecule has 2 aliphatic carbocycles. The molecule has 1 saturated heterocycles. The molecule has 0 spiro atoms. The van der Waals surface area contributed by atoms with Gasteiger partial charge in [0.2, 0.25) is 11.8 Å². The number of aryl methyl sites for hydroxylation is 2. The van der Waals surface area contributed by atoms with Crippen LogP contribution >= 0.6 is 0 Å². The number of carbonyl (C=O) groups excluding carboxylic acids is 3. The van der Waals surface area contributed by atoms with Crippen LogP contribution in [0.3, 0.4) is 0 Å². The van der Waals surface area contributed by atoms with E-state index in [-0.39, 0.29) is 41.4 Å². The standard InChI is InChI=1S/C26H26N2O3/c1-3-15-8-7-9-16(4-2)23(15)27-24(29)19-10-5-6-11-20(19)28-25(30)21-17-12-13-18(14-17)22(21)26(28)31/h5-13,17-18,21-22H,3-4,14H2,1-2H3,(H,27,29)/t17-,18-,21+,22+/m0/s1. The zero-order valence-electron chi connectivity index (χ0n) is 17.8. The third-order valence-corrected chi connectivity index (χ3v) is 7.10. The number of allylic oxidation sites excluding steroid dienone is 2. The van der Waals surface area contributed by atoms with E-state index in [0.29, 0.717) is 11.3 Å². The molecule has 3 aliphatic rings. The SMILES string of the molecule is CCc1cccc(CC)c1NC(=O)c1ccccc1N1C(=O)[C@H]2[C@H](C1=O)[C@H]1C=C[C@H]2C1. The summed E-state index contributed by atoms with van der Waals surface area (Å²) in [4.78, 5) is 41.1. The van der Waals surface area contributed by atoms with Crippen molar-refractivity contribution < 1.29 is 14.4 Å². The Morgan fingerprint density at radius 2 is 1.48 bits per heavy atom. The lowest BCUT2D eigenvalue weighted by Gasteiger charge is -2.21. The van der Waals surface area contributed by atoms with Crippen molar-refractivity contribution in [3.63, 3.8) is 0 Å². The summed E-state index contributed by atoms with van der Waals surface area (Å²) in [6.45, 7) is 4.11. The fraction of sp³-hybridized carbons (Fsp3) is 0.346. The van der Waals surface area contributed by atoms with E-state index in [2.05, 4.69) is 31.3 Å². The molecule has 5 rings (SSSR count). The average Bonchev–Trinajstić information content (AvgIpc) is 3.47. The summed E-state index contributed by atoms with van der Waals surface area (Å²) in [6.07, 6.45) is 6.64. The zero-order chi connectivity index (χ0) is 21.7. The fourth-order valence-electron chi connectivity index (χ4n) is 5.58. The van der Waals surface area contributed by atoms with Gasteiger partial charge in [-0.15, -0.1) is 0 Å². The number of rotatable bonds is 5. The van der Waals surface area contributed by atoms with Crippen molar-refractivity contribution in [2.75, 3.05) is 10.2 Å². The van der Waals surface area contributed by atoms with E-state index >= 15 is 0 Å². The Balaban J connectivity index is 1.49. The minimum atomic E-state index is -0.301. The second kappa shape index (κ2) is 7.49. The molecule has 1 N–H and O–H groups in total. The highest BCUT2D eigenvalue weighted by atomic mass is 16.2. The Morgan fingerprint density at radius 3 is 2.06 bits per heavy atom. The van der Waals surface area contributed by atoms with Gasteiger partial charge in [-0.2, -0.15) is 0 Å². The number of amides is 3. The van der Waals surface area contributed by atoms with E-state index in [4.69, 9.17) is 0 Å². The van der Waals surface area contributed by atoms with E-state index in [1.807, 2.05) is 18.2 Å². The lowest BCUT2D eigenvalue weighted by atomic mass is 9.85. The molecule has 2 fully saturated rings. The third-order valence-electron chi connectivity index (χ3n) is 7.10. The van der Waals surface area contributed by atoms with Crippen LogP contribution in [0.25, 0.3) is 0 Å². The summed E-state index contributed by atoms with van der Waals surface area (Å²) in [5, 5.41) is 3.07. The van der Waals surface area contributed by atoms with E-state index in [0.717, 1.165) is 36.1 Å². The molecule has 1 heterocycles. The number of fused-ring (bicyclic) bond motifs is 5. The van der Waals surface area contributed by atoms with Gasteiger partial charge in [-0.1, -0.05) is 56.3 Å². The molecular weight excluding hydrogens is 388 g/mol. The molecule has 5 heteroatoms. The minimum Gasteiger partial charge on any atom is -0.321 e. The van der Waals surface area contributed by atoms with Crippen LogP contribution in [0.5, 0.6) is 0 Å². The van der Waals surface area contributed by atoms with Gasteiger partial charge in [-0.3, -0.25) is 14.4 Å². The van der Waals surface area contributed by atoms with Gasteiger partial charge in [0.1, 0.15) is 0 Å². The van der Waals surface area contributed by atoms with E-state index in [9.17, 15) is 14.4 Å². The van der Waals surface area contributed by atoms with Gasteiger partial charge >= 0.3 is 0 Å². The van der Waals surface area contributed by atoms with Crippen molar-refractivity contribution in [3.8, 4) is 0 Å². The van der Waals surface area contributed by atoms with Gasteiger partial charge in [0.25, 0.3) is 5.91 Å². The second-order valence-electron chi connectivity index (χ2n) is 8.64. The van der Waals surface area contributed by atoms with Gasteiger partial charge < -0.3 is 5.32 Å². The smallest absolute Gasteiger partial charge is 0.257 e. The molecule has 2 bridgehead atoms. The maximum absolute atomic E-state index is 13.4. The molecule has 4 atom stereocenters. The number of anilines is 2. The zero-order valence-corrected chi connectivity index (χ0v) is 17.8. The molecule has 0 radical (unpaired) electrons. The van der Waals surface area contributed by atoms with Crippen molar-refractivity contribution >= 4 is 29.1 Å². The predicted octanol–water partition coefficient (Wildman–Crippen LogP) is 4.38. The first-order valence-electron chi connectivity index (χ1n) is 11.1. The average molecular weight is 415 g/mol. The Morgan fingerprint density at radius 1 is 0.903 bits per heavy atom. The van der Waals surface area contributed by atoms with Crippen LogP contribution in [0.15, 0.2) is 54.6 Å². The Bertz CT molecular complexity index is 1070. The van der Waals surface area contributed by atoms with Gasteiger partial charge in [-0.05, 0) is 54.4 Å². The highest BCUT2D eigenvalue weighted by Crippen LogP contribution is 2.53. The molecule has 1 aliphatic heterocycles. The summed E-state index contributed by atoms with van der Waals surface area (Å²) in [5.41, 5.74) is 3.69. The number of carbonyl (C=O) groups is 3. The van der Waals surface area contributed by atoms with Crippen LogP contribution in [0.1, 0.15) is 41.8 Å². The van der Waals surface area contributed by atoms with Gasteiger partial charge in [0.05, 0.1) is 23.1 Å². The van der Waals surface area contributed by atoms with Crippen LogP contribution in [0.2, 0.25) is 0 Å². The van der Waals surface area contributed by atoms with Crippen molar-refractivity contribution in [2.24, 2.45) is 23.7 Å². The van der Waals surface area contributed by atoms with E-state index in [1.54, 1.807) is 24.3 Å². The normalized spacial score (nSPS) is 25.9. The van der Waals surface area contributed by atoms with Crippen LogP contribution in [0.4, 0.5) is 11.4 Å². The van der Waals surface area contributed by atoms with Crippen LogP contribution in [0, 0.1) is 23.7 Å². The fourth-order valence-corrected chi connectivity index (χ4v) is 5.58. The number of imide groups is 1. The maximum Gasteiger partial charge on any atom is 0.257 e. The summed E-state index contributed by atoms with van der Waals surface area (Å²) < 4.78 is 0. The van der Waals surface area contributed by atoms with Crippen molar-refractivity contribution in [2.45, 2.75) is 33.1 Å². The number of para-hydroxylation sites is 2. The third kappa shape index (κ3) is 2.94. The molecule has 1 saturated carbocycles. The van der Waals surface area contributed by atoms with Gasteiger partial charge in [-0.25, -0.2) is 4.90 Å². The Labute approximate surface area is 182 Å². The quantitative estimate of drug-likeness (QED) is 0.583. The summed E-state index contributed by atoms with van der Waals surface area (Å²) >= 11 is 0. The Hall–Kier alpha value is -3.21. The Kier molecular flexibility index (Phi) is 4.77. The lowest BCUT2D eigenvalue weighted by molar-refractivity contribution is -0.123. The van der Waals surface area contributed by atoms with Gasteiger partial charge in [0, 0.05) is 5.69 Å². The van der Waals surface area contributed by atoms with E-state index < -0.39 is 0 Å². The largest absolute Gasteiger partial charge is 0.321 e. The summed E-state index contributed by atoms with van der Waals surface area (Å²) in [6, 6.07) is 13.0. The van der Waals surface area contributed by atoms with Crippen LogP contribution < -0.4 is 10.2 Å². The molecule has 2 aromatic rings. The topological polar surface area (TPSA) is 66.5 Å². The molecule has 5 nitrogen and oxygen atoms in total. The minimum absolute atomic E-state index is 0.140. The molecule has 0 unspecified atom stereocenters. The monoisotopic (exact) mass is 414 g/mol. The second-order valence-corrected chi connectivity index (χ2v) is 8.64. The predicted molar refractivity (Wildman–Crippen MR) is 120 cm³/mol. The molecule has 0 aromatic heterocycles. The van der Waals surface area contributed by atoms with Gasteiger partial charge in [0.15, 0.2) is 0 Å². The van der Waals surface area contributed by atoms with Crippen LogP contribution in [-0.4, -0.2) is 17.7 Å². The van der Waals surface area contributed by atoms with Crippen LogP contribution in [-0.2, 0) is 22.4 Å². The first-order valence-corrected chi connectivity index (χ1v) is 11.1. The number of hydrogen-bond donors (Lipinski definition) is 1. The number of benzene rings is 2. The first kappa shape index (κ1) is 19.7.